The molecule has 4 rings (SSSR count). The highest BCUT2D eigenvalue weighted by atomic mass is 19.4. The molecular formula is C22H27F3N4O. The maximum atomic E-state index is 13.0. The third-order valence-electron chi connectivity index (χ3n) is 5.85. The Morgan fingerprint density at radius 3 is 2.50 bits per heavy atom. The third kappa shape index (κ3) is 5.03. The number of nitrogens with zero attached hydrogens (tertiary/aromatic N) is 4. The predicted octanol–water partition coefficient (Wildman–Crippen LogP) is 3.82. The van der Waals surface area contributed by atoms with Crippen LogP contribution in [0.4, 0.5) is 13.2 Å². The van der Waals surface area contributed by atoms with E-state index in [1.165, 1.54) is 15.8 Å². The second-order valence-corrected chi connectivity index (χ2v) is 8.35. The van der Waals surface area contributed by atoms with Gasteiger partial charge in [-0.15, -0.1) is 0 Å². The summed E-state index contributed by atoms with van der Waals surface area (Å²) in [5.41, 5.74) is 2.25. The number of carbonyl (C=O) groups excluding carboxylic acids is 1. The van der Waals surface area contributed by atoms with Crippen LogP contribution in [0.5, 0.6) is 0 Å². The summed E-state index contributed by atoms with van der Waals surface area (Å²) < 4.78 is 40.4. The van der Waals surface area contributed by atoms with Crippen molar-refractivity contribution < 1.29 is 18.0 Å². The molecule has 5 nitrogen and oxygen atoms in total. The van der Waals surface area contributed by atoms with Crippen molar-refractivity contribution in [3.05, 3.63) is 52.8 Å². The van der Waals surface area contributed by atoms with Crippen LogP contribution in [0.25, 0.3) is 0 Å². The molecule has 2 fully saturated rings. The van der Waals surface area contributed by atoms with Gasteiger partial charge in [-0.3, -0.25) is 14.4 Å². The van der Waals surface area contributed by atoms with Gasteiger partial charge < -0.3 is 4.90 Å². The fourth-order valence-electron chi connectivity index (χ4n) is 4.04. The van der Waals surface area contributed by atoms with Gasteiger partial charge in [0.2, 0.25) is 5.91 Å². The van der Waals surface area contributed by atoms with Gasteiger partial charge in [0.05, 0.1) is 0 Å². The van der Waals surface area contributed by atoms with Crippen LogP contribution in [-0.2, 0) is 24.1 Å². The molecule has 1 aromatic heterocycles. The quantitative estimate of drug-likeness (QED) is 0.714. The fourth-order valence-corrected chi connectivity index (χ4v) is 4.04. The van der Waals surface area contributed by atoms with Crippen molar-refractivity contribution in [2.75, 3.05) is 26.2 Å². The molecule has 162 valence electrons. The van der Waals surface area contributed by atoms with Crippen LogP contribution in [0, 0.1) is 6.92 Å². The van der Waals surface area contributed by atoms with Gasteiger partial charge in [-0.25, -0.2) is 0 Å². The number of amides is 1. The van der Waals surface area contributed by atoms with Crippen molar-refractivity contribution in [3.63, 3.8) is 0 Å². The Bertz CT molecular complexity index is 896. The summed E-state index contributed by atoms with van der Waals surface area (Å²) in [5.74, 6) is 0.130. The number of alkyl halides is 3. The normalized spacial score (nSPS) is 18.1. The average molecular weight is 420 g/mol. The highest BCUT2D eigenvalue weighted by Gasteiger charge is 2.37. The van der Waals surface area contributed by atoms with Gasteiger partial charge in [0.25, 0.3) is 0 Å². The number of piperazine rings is 1. The molecule has 1 saturated heterocycles. The Morgan fingerprint density at radius 2 is 1.87 bits per heavy atom. The molecular weight excluding hydrogens is 393 g/mol. The minimum absolute atomic E-state index is 0.0176. The van der Waals surface area contributed by atoms with E-state index in [0.717, 1.165) is 38.5 Å². The molecule has 1 aromatic carbocycles. The lowest BCUT2D eigenvalue weighted by Gasteiger charge is -2.35. The van der Waals surface area contributed by atoms with Crippen LogP contribution in [0.2, 0.25) is 0 Å². The Balaban J connectivity index is 1.29. The second-order valence-electron chi connectivity index (χ2n) is 8.35. The van der Waals surface area contributed by atoms with E-state index in [0.29, 0.717) is 18.8 Å². The Kier molecular flexibility index (Phi) is 5.86. The molecule has 1 aliphatic carbocycles. The highest BCUT2D eigenvalue weighted by molar-refractivity contribution is 5.76. The summed E-state index contributed by atoms with van der Waals surface area (Å²) in [6, 6.07) is 9.56. The fraction of sp³-hybridized carbons (Fsp3) is 0.545. The third-order valence-corrected chi connectivity index (χ3v) is 5.85. The number of aromatic nitrogens is 2. The van der Waals surface area contributed by atoms with Crippen molar-refractivity contribution in [3.8, 4) is 0 Å². The highest BCUT2D eigenvalue weighted by Crippen LogP contribution is 2.42. The Morgan fingerprint density at radius 1 is 1.13 bits per heavy atom. The SMILES string of the molecule is Cc1cccc(CN2CCN(C(=O)CCn3nc(C(F)(F)F)cc3C3CC3)CC2)c1. The van der Waals surface area contributed by atoms with E-state index in [4.69, 9.17) is 0 Å². The van der Waals surface area contributed by atoms with Gasteiger partial charge in [0.15, 0.2) is 5.69 Å². The maximum absolute atomic E-state index is 13.0. The average Bonchev–Trinajstić information content (AvgIpc) is 3.44. The summed E-state index contributed by atoms with van der Waals surface area (Å²) in [7, 11) is 0. The summed E-state index contributed by atoms with van der Waals surface area (Å²) in [6.07, 6.45) is -2.50. The van der Waals surface area contributed by atoms with Crippen molar-refractivity contribution in [1.82, 2.24) is 19.6 Å². The molecule has 2 aliphatic rings. The van der Waals surface area contributed by atoms with Crippen molar-refractivity contribution in [2.24, 2.45) is 0 Å². The molecule has 0 atom stereocenters. The number of halogens is 3. The van der Waals surface area contributed by atoms with E-state index >= 15 is 0 Å². The second kappa shape index (κ2) is 8.41. The molecule has 1 amide bonds. The zero-order chi connectivity index (χ0) is 21.3. The van der Waals surface area contributed by atoms with Gasteiger partial charge in [-0.1, -0.05) is 29.8 Å². The molecule has 0 radical (unpaired) electrons. The lowest BCUT2D eigenvalue weighted by Crippen LogP contribution is -2.48. The number of rotatable bonds is 6. The molecule has 8 heteroatoms. The van der Waals surface area contributed by atoms with E-state index in [-0.39, 0.29) is 24.8 Å². The van der Waals surface area contributed by atoms with Gasteiger partial charge >= 0.3 is 6.18 Å². The largest absolute Gasteiger partial charge is 0.435 e. The van der Waals surface area contributed by atoms with Gasteiger partial charge in [-0.05, 0) is 31.4 Å². The lowest BCUT2D eigenvalue weighted by molar-refractivity contribution is -0.141. The first-order valence-corrected chi connectivity index (χ1v) is 10.5. The first kappa shape index (κ1) is 20.9. The van der Waals surface area contributed by atoms with Gasteiger partial charge in [0, 0.05) is 57.3 Å². The molecule has 2 heterocycles. The number of carbonyl (C=O) groups is 1. The van der Waals surface area contributed by atoms with Crippen molar-refractivity contribution in [1.29, 1.82) is 0 Å². The van der Waals surface area contributed by atoms with E-state index in [2.05, 4.69) is 41.2 Å². The van der Waals surface area contributed by atoms with Crippen molar-refractivity contribution >= 4 is 5.91 Å². The van der Waals surface area contributed by atoms with Gasteiger partial charge in [-0.2, -0.15) is 18.3 Å². The Hall–Kier alpha value is -2.35. The van der Waals surface area contributed by atoms with Crippen LogP contribution < -0.4 is 0 Å². The van der Waals surface area contributed by atoms with E-state index < -0.39 is 11.9 Å². The Labute approximate surface area is 174 Å². The molecule has 1 saturated carbocycles. The number of benzene rings is 1. The summed E-state index contributed by atoms with van der Waals surface area (Å²) in [5, 5.41) is 3.74. The number of aryl methyl sites for hydroxylation is 2. The zero-order valence-electron chi connectivity index (χ0n) is 17.2. The van der Waals surface area contributed by atoms with E-state index in [9.17, 15) is 18.0 Å². The summed E-state index contributed by atoms with van der Waals surface area (Å²) in [6.45, 7) is 6.03. The summed E-state index contributed by atoms with van der Waals surface area (Å²) in [4.78, 5) is 16.8. The number of hydrogen-bond acceptors (Lipinski definition) is 3. The molecule has 30 heavy (non-hydrogen) atoms. The maximum Gasteiger partial charge on any atom is 0.435 e. The zero-order valence-corrected chi connectivity index (χ0v) is 17.2. The van der Waals surface area contributed by atoms with Crippen LogP contribution >= 0.6 is 0 Å². The van der Waals surface area contributed by atoms with Crippen molar-refractivity contribution in [2.45, 2.75) is 51.4 Å². The topological polar surface area (TPSA) is 41.4 Å². The van der Waals surface area contributed by atoms with Gasteiger partial charge in [0.1, 0.15) is 0 Å². The molecule has 1 aliphatic heterocycles. The van der Waals surface area contributed by atoms with Crippen LogP contribution in [0.15, 0.2) is 30.3 Å². The number of hydrogen-bond donors (Lipinski definition) is 0. The van der Waals surface area contributed by atoms with Crippen LogP contribution in [-0.4, -0.2) is 51.7 Å². The van der Waals surface area contributed by atoms with E-state index in [1.807, 2.05) is 4.90 Å². The molecule has 0 N–H and O–H groups in total. The minimum Gasteiger partial charge on any atom is -0.340 e. The molecule has 0 bridgehead atoms. The van der Waals surface area contributed by atoms with Crippen LogP contribution in [0.1, 0.15) is 47.7 Å². The standard InChI is InChI=1S/C22H27F3N4O/c1-16-3-2-4-17(13-16)15-27-9-11-28(12-10-27)21(30)7-8-29-19(18-5-6-18)14-20(26-29)22(23,24)25/h2-4,13-14,18H,5-12,15H2,1H3. The van der Waals surface area contributed by atoms with E-state index in [1.54, 1.807) is 0 Å². The smallest absolute Gasteiger partial charge is 0.340 e. The first-order valence-electron chi connectivity index (χ1n) is 10.5. The molecule has 2 aromatic rings. The van der Waals surface area contributed by atoms with Crippen LogP contribution in [0.3, 0.4) is 0 Å². The first-order chi connectivity index (χ1) is 14.3. The molecule has 0 spiro atoms. The predicted molar refractivity (Wildman–Crippen MR) is 107 cm³/mol. The monoisotopic (exact) mass is 420 g/mol. The lowest BCUT2D eigenvalue weighted by atomic mass is 10.1. The summed E-state index contributed by atoms with van der Waals surface area (Å²) >= 11 is 0. The minimum atomic E-state index is -4.45. The molecule has 0 unspecified atom stereocenters.